The maximum atomic E-state index is 5.57. The van der Waals surface area contributed by atoms with E-state index in [9.17, 15) is 0 Å². The summed E-state index contributed by atoms with van der Waals surface area (Å²) in [6.45, 7) is 8.95. The first-order valence-corrected chi connectivity index (χ1v) is 9.00. The fraction of sp³-hybridized carbons (Fsp3) is 0.700. The SMILES string of the molecule is C[Si](C)(C)CCOCn1cnc(CN)c1. The van der Waals surface area contributed by atoms with E-state index in [-0.39, 0.29) is 0 Å². The Morgan fingerprint density at radius 2 is 2.20 bits per heavy atom. The van der Waals surface area contributed by atoms with Crippen LogP contribution in [0.25, 0.3) is 0 Å². The number of imidazole rings is 1. The van der Waals surface area contributed by atoms with Gasteiger partial charge in [-0.3, -0.25) is 0 Å². The van der Waals surface area contributed by atoms with Crippen LogP contribution < -0.4 is 5.73 Å². The van der Waals surface area contributed by atoms with Crippen LogP contribution in [0.15, 0.2) is 12.5 Å². The Labute approximate surface area is 92.5 Å². The molecule has 0 amide bonds. The quantitative estimate of drug-likeness (QED) is 0.594. The second-order valence-electron chi connectivity index (χ2n) is 4.93. The highest BCUT2D eigenvalue weighted by Gasteiger charge is 2.11. The van der Waals surface area contributed by atoms with Gasteiger partial charge in [-0.15, -0.1) is 0 Å². The standard InChI is InChI=1S/C10H21N3OSi/c1-15(2,3)5-4-14-9-13-7-10(6-11)12-8-13/h7-8H,4-6,9,11H2,1-3H3. The van der Waals surface area contributed by atoms with Crippen molar-refractivity contribution >= 4 is 8.07 Å². The molecule has 5 heteroatoms. The topological polar surface area (TPSA) is 53.1 Å². The summed E-state index contributed by atoms with van der Waals surface area (Å²) < 4.78 is 7.49. The molecule has 4 nitrogen and oxygen atoms in total. The molecule has 0 aliphatic heterocycles. The monoisotopic (exact) mass is 227 g/mol. The molecule has 0 bridgehead atoms. The van der Waals surface area contributed by atoms with Crippen molar-refractivity contribution in [2.75, 3.05) is 6.61 Å². The number of aromatic nitrogens is 2. The Balaban J connectivity index is 2.20. The minimum Gasteiger partial charge on any atom is -0.361 e. The molecule has 15 heavy (non-hydrogen) atoms. The predicted octanol–water partition coefficient (Wildman–Crippen LogP) is 1.65. The molecule has 0 spiro atoms. The summed E-state index contributed by atoms with van der Waals surface area (Å²) in [5.74, 6) is 0. The van der Waals surface area contributed by atoms with E-state index in [1.54, 1.807) is 6.33 Å². The lowest BCUT2D eigenvalue weighted by Crippen LogP contribution is -2.21. The summed E-state index contributed by atoms with van der Waals surface area (Å²) in [6.07, 6.45) is 3.69. The van der Waals surface area contributed by atoms with Gasteiger partial charge in [0.15, 0.2) is 0 Å². The molecule has 2 N–H and O–H groups in total. The maximum absolute atomic E-state index is 5.57. The largest absolute Gasteiger partial charge is 0.361 e. The van der Waals surface area contributed by atoms with Crippen molar-refractivity contribution in [1.82, 2.24) is 9.55 Å². The fourth-order valence-electron chi connectivity index (χ4n) is 1.13. The highest BCUT2D eigenvalue weighted by molar-refractivity contribution is 6.76. The maximum Gasteiger partial charge on any atom is 0.123 e. The van der Waals surface area contributed by atoms with Gasteiger partial charge in [-0.1, -0.05) is 19.6 Å². The van der Waals surface area contributed by atoms with Crippen LogP contribution in [0.1, 0.15) is 5.69 Å². The first-order valence-electron chi connectivity index (χ1n) is 5.30. The fourth-order valence-corrected chi connectivity index (χ4v) is 1.89. The molecule has 1 heterocycles. The zero-order valence-electron chi connectivity index (χ0n) is 9.86. The van der Waals surface area contributed by atoms with Crippen LogP contribution in [-0.2, 0) is 18.0 Å². The Morgan fingerprint density at radius 1 is 1.47 bits per heavy atom. The van der Waals surface area contributed by atoms with E-state index in [0.717, 1.165) is 12.3 Å². The Morgan fingerprint density at radius 3 is 2.73 bits per heavy atom. The van der Waals surface area contributed by atoms with Gasteiger partial charge in [0.2, 0.25) is 0 Å². The second kappa shape index (κ2) is 5.44. The van der Waals surface area contributed by atoms with Crippen LogP contribution in [0, 0.1) is 0 Å². The van der Waals surface area contributed by atoms with Crippen LogP contribution in [0.2, 0.25) is 25.7 Å². The molecule has 0 aliphatic rings. The molecule has 1 aromatic heterocycles. The molecule has 0 unspecified atom stereocenters. The molecule has 0 saturated carbocycles. The predicted molar refractivity (Wildman–Crippen MR) is 64.2 cm³/mol. The highest BCUT2D eigenvalue weighted by atomic mass is 28.3. The van der Waals surface area contributed by atoms with Gasteiger partial charge in [0.1, 0.15) is 6.73 Å². The van der Waals surface area contributed by atoms with E-state index in [2.05, 4.69) is 24.6 Å². The minimum absolute atomic E-state index is 0.488. The van der Waals surface area contributed by atoms with E-state index < -0.39 is 8.07 Å². The first kappa shape index (κ1) is 12.4. The molecule has 0 fully saturated rings. The second-order valence-corrected chi connectivity index (χ2v) is 10.6. The van der Waals surface area contributed by atoms with E-state index in [1.165, 1.54) is 6.04 Å². The van der Waals surface area contributed by atoms with Crippen LogP contribution >= 0.6 is 0 Å². The van der Waals surface area contributed by atoms with Crippen molar-refractivity contribution in [3.8, 4) is 0 Å². The normalized spacial score (nSPS) is 12.0. The average molecular weight is 227 g/mol. The van der Waals surface area contributed by atoms with Gasteiger partial charge in [0.25, 0.3) is 0 Å². The van der Waals surface area contributed by atoms with Gasteiger partial charge in [-0.25, -0.2) is 4.98 Å². The smallest absolute Gasteiger partial charge is 0.123 e. The number of nitrogens with zero attached hydrogens (tertiary/aromatic N) is 2. The first-order chi connectivity index (χ1) is 7.01. The summed E-state index contributed by atoms with van der Waals surface area (Å²) in [7, 11) is -0.967. The lowest BCUT2D eigenvalue weighted by Gasteiger charge is -2.15. The minimum atomic E-state index is -0.967. The lowest BCUT2D eigenvalue weighted by molar-refractivity contribution is 0.0871. The van der Waals surface area contributed by atoms with Gasteiger partial charge >= 0.3 is 0 Å². The summed E-state index contributed by atoms with van der Waals surface area (Å²) in [5.41, 5.74) is 6.37. The number of hydrogen-bond donors (Lipinski definition) is 1. The lowest BCUT2D eigenvalue weighted by atomic mass is 10.5. The zero-order valence-corrected chi connectivity index (χ0v) is 10.9. The Kier molecular flexibility index (Phi) is 4.50. The highest BCUT2D eigenvalue weighted by Crippen LogP contribution is 2.07. The molecule has 0 aliphatic carbocycles. The number of hydrogen-bond acceptors (Lipinski definition) is 3. The van der Waals surface area contributed by atoms with Gasteiger partial charge < -0.3 is 15.0 Å². The number of ether oxygens (including phenoxy) is 1. The molecule has 1 rings (SSSR count). The number of rotatable bonds is 6. The third-order valence-corrected chi connectivity index (χ3v) is 3.84. The molecule has 0 radical (unpaired) electrons. The molecule has 86 valence electrons. The third-order valence-electron chi connectivity index (χ3n) is 2.13. The van der Waals surface area contributed by atoms with Crippen molar-refractivity contribution in [2.24, 2.45) is 5.73 Å². The van der Waals surface area contributed by atoms with Gasteiger partial charge in [0, 0.05) is 27.4 Å². The Hall–Kier alpha value is -0.653. The summed E-state index contributed by atoms with van der Waals surface area (Å²) in [4.78, 5) is 4.13. The van der Waals surface area contributed by atoms with Crippen molar-refractivity contribution < 1.29 is 4.74 Å². The van der Waals surface area contributed by atoms with E-state index in [0.29, 0.717) is 13.3 Å². The molecule has 1 aromatic rings. The Bertz CT molecular complexity index is 293. The summed E-state index contributed by atoms with van der Waals surface area (Å²) in [6, 6.07) is 1.20. The molecule has 0 atom stereocenters. The zero-order chi connectivity index (χ0) is 11.3. The summed E-state index contributed by atoms with van der Waals surface area (Å²) in [5, 5.41) is 0. The molecular weight excluding hydrogens is 206 g/mol. The van der Waals surface area contributed by atoms with Gasteiger partial charge in [-0.05, 0) is 6.04 Å². The molecule has 0 saturated heterocycles. The van der Waals surface area contributed by atoms with Crippen molar-refractivity contribution in [2.45, 2.75) is 39.0 Å². The van der Waals surface area contributed by atoms with E-state index >= 15 is 0 Å². The molecular formula is C10H21N3OSi. The van der Waals surface area contributed by atoms with E-state index in [1.807, 2.05) is 10.8 Å². The average Bonchev–Trinajstić information content (AvgIpc) is 2.59. The van der Waals surface area contributed by atoms with Crippen molar-refractivity contribution in [1.29, 1.82) is 0 Å². The number of nitrogens with two attached hydrogens (primary N) is 1. The van der Waals surface area contributed by atoms with Crippen molar-refractivity contribution in [3.63, 3.8) is 0 Å². The van der Waals surface area contributed by atoms with Crippen LogP contribution in [-0.4, -0.2) is 24.2 Å². The van der Waals surface area contributed by atoms with Gasteiger partial charge in [-0.2, -0.15) is 0 Å². The third kappa shape index (κ3) is 5.11. The van der Waals surface area contributed by atoms with Gasteiger partial charge in [0.05, 0.1) is 12.0 Å². The van der Waals surface area contributed by atoms with E-state index in [4.69, 9.17) is 10.5 Å². The van der Waals surface area contributed by atoms with Crippen LogP contribution in [0.5, 0.6) is 0 Å². The van der Waals surface area contributed by atoms with Crippen LogP contribution in [0.4, 0.5) is 0 Å². The summed E-state index contributed by atoms with van der Waals surface area (Å²) >= 11 is 0. The van der Waals surface area contributed by atoms with Crippen LogP contribution in [0.3, 0.4) is 0 Å². The molecule has 0 aromatic carbocycles. The van der Waals surface area contributed by atoms with Crippen molar-refractivity contribution in [3.05, 3.63) is 18.2 Å².